The molecule has 1 N–H and O–H groups in total. The SMILES string of the molecule is Cc1nn2cccnc2c1C(=O)N1CCN(S(=O)(=O)c2c[nH]c3ncccc23)CC1. The lowest BCUT2D eigenvalue weighted by molar-refractivity contribution is 0.0699. The van der Waals surface area contributed by atoms with Crippen molar-refractivity contribution >= 4 is 32.6 Å². The predicted molar refractivity (Wildman–Crippen MR) is 108 cm³/mol. The van der Waals surface area contributed by atoms with Gasteiger partial charge in [-0.3, -0.25) is 4.79 Å². The average Bonchev–Trinajstić information content (AvgIpc) is 3.34. The van der Waals surface area contributed by atoms with Crippen molar-refractivity contribution in [1.29, 1.82) is 0 Å². The molecule has 1 aliphatic heterocycles. The molecule has 1 fully saturated rings. The fourth-order valence-corrected chi connectivity index (χ4v) is 5.39. The fraction of sp³-hybridized carbons (Fsp3) is 0.263. The maximum Gasteiger partial charge on any atom is 0.259 e. The highest BCUT2D eigenvalue weighted by Crippen LogP contribution is 2.25. The van der Waals surface area contributed by atoms with Crippen LogP contribution in [0, 0.1) is 6.92 Å². The highest BCUT2D eigenvalue weighted by molar-refractivity contribution is 7.89. The molecule has 1 aliphatic rings. The number of nitrogens with one attached hydrogen (secondary N) is 1. The third-order valence-electron chi connectivity index (χ3n) is 5.34. The molecule has 30 heavy (non-hydrogen) atoms. The van der Waals surface area contributed by atoms with E-state index in [-0.39, 0.29) is 23.9 Å². The second-order valence-electron chi connectivity index (χ2n) is 7.10. The van der Waals surface area contributed by atoms with E-state index in [0.29, 0.717) is 41.0 Å². The minimum Gasteiger partial charge on any atom is -0.345 e. The number of carbonyl (C=O) groups is 1. The van der Waals surface area contributed by atoms with Gasteiger partial charge in [-0.2, -0.15) is 9.40 Å². The van der Waals surface area contributed by atoms with Gasteiger partial charge >= 0.3 is 0 Å². The summed E-state index contributed by atoms with van der Waals surface area (Å²) >= 11 is 0. The van der Waals surface area contributed by atoms with Crippen LogP contribution in [-0.2, 0) is 10.0 Å². The number of pyridine rings is 1. The van der Waals surface area contributed by atoms with Crippen LogP contribution < -0.4 is 0 Å². The Balaban J connectivity index is 1.37. The summed E-state index contributed by atoms with van der Waals surface area (Å²) in [6, 6.07) is 5.18. The van der Waals surface area contributed by atoms with Gasteiger partial charge in [-0.1, -0.05) is 0 Å². The van der Waals surface area contributed by atoms with Crippen LogP contribution in [0.4, 0.5) is 0 Å². The monoisotopic (exact) mass is 425 g/mol. The second-order valence-corrected chi connectivity index (χ2v) is 9.00. The Kier molecular flexibility index (Phi) is 4.29. The third kappa shape index (κ3) is 2.85. The zero-order chi connectivity index (χ0) is 20.9. The Labute approximate surface area is 172 Å². The largest absolute Gasteiger partial charge is 0.345 e. The molecule has 5 rings (SSSR count). The molecule has 0 aromatic carbocycles. The summed E-state index contributed by atoms with van der Waals surface area (Å²) in [6.07, 6.45) is 6.44. The lowest BCUT2D eigenvalue weighted by atomic mass is 10.2. The number of rotatable bonds is 3. The van der Waals surface area contributed by atoms with Gasteiger partial charge in [0.1, 0.15) is 16.1 Å². The molecule has 1 saturated heterocycles. The van der Waals surface area contributed by atoms with Gasteiger partial charge in [0, 0.05) is 56.4 Å². The Morgan fingerprint density at radius 1 is 1.10 bits per heavy atom. The first-order valence-electron chi connectivity index (χ1n) is 9.48. The van der Waals surface area contributed by atoms with Crippen LogP contribution in [-0.4, -0.2) is 74.3 Å². The highest BCUT2D eigenvalue weighted by Gasteiger charge is 2.33. The smallest absolute Gasteiger partial charge is 0.259 e. The lowest BCUT2D eigenvalue weighted by Gasteiger charge is -2.33. The van der Waals surface area contributed by atoms with E-state index < -0.39 is 10.0 Å². The molecule has 0 aliphatic carbocycles. The molecule has 0 atom stereocenters. The van der Waals surface area contributed by atoms with Crippen molar-refractivity contribution in [3.05, 3.63) is 54.2 Å². The van der Waals surface area contributed by atoms with Crippen LogP contribution in [0.3, 0.4) is 0 Å². The molecule has 5 heterocycles. The first-order valence-corrected chi connectivity index (χ1v) is 10.9. The van der Waals surface area contributed by atoms with E-state index >= 15 is 0 Å². The summed E-state index contributed by atoms with van der Waals surface area (Å²) in [4.78, 5) is 26.3. The van der Waals surface area contributed by atoms with E-state index in [0.717, 1.165) is 0 Å². The number of sulfonamides is 1. The number of aryl methyl sites for hydroxylation is 1. The van der Waals surface area contributed by atoms with Crippen molar-refractivity contribution in [2.75, 3.05) is 26.2 Å². The second kappa shape index (κ2) is 6.89. The van der Waals surface area contributed by atoms with E-state index in [9.17, 15) is 13.2 Å². The fourth-order valence-electron chi connectivity index (χ4n) is 3.82. The molecule has 10 nitrogen and oxygen atoms in total. The van der Waals surface area contributed by atoms with Crippen molar-refractivity contribution in [1.82, 2.24) is 33.8 Å². The Morgan fingerprint density at radius 2 is 1.87 bits per heavy atom. The molecule has 11 heteroatoms. The molecule has 0 saturated carbocycles. The first kappa shape index (κ1) is 18.7. The average molecular weight is 425 g/mol. The number of hydrogen-bond donors (Lipinski definition) is 1. The molecule has 0 bridgehead atoms. The molecular weight excluding hydrogens is 406 g/mol. The standard InChI is InChI=1S/C19H19N7O3S/c1-13-16(18-21-6-3-7-26(18)23-13)19(27)24-8-10-25(11-9-24)30(28,29)15-12-22-17-14(15)4-2-5-20-17/h2-7,12H,8-11H2,1H3,(H,20,22). The van der Waals surface area contributed by atoms with Gasteiger partial charge in [-0.25, -0.2) is 22.9 Å². The van der Waals surface area contributed by atoms with E-state index in [4.69, 9.17) is 0 Å². The number of fused-ring (bicyclic) bond motifs is 2. The van der Waals surface area contributed by atoms with Crippen LogP contribution in [0.2, 0.25) is 0 Å². The summed E-state index contributed by atoms with van der Waals surface area (Å²) in [5.74, 6) is -0.186. The molecule has 0 unspecified atom stereocenters. The molecule has 4 aromatic heterocycles. The topological polar surface area (TPSA) is 117 Å². The summed E-state index contributed by atoms with van der Waals surface area (Å²) in [5.41, 5.74) is 2.08. The van der Waals surface area contributed by atoms with E-state index in [2.05, 4.69) is 20.1 Å². The lowest BCUT2D eigenvalue weighted by Crippen LogP contribution is -2.50. The van der Waals surface area contributed by atoms with Crippen LogP contribution in [0.1, 0.15) is 16.1 Å². The predicted octanol–water partition coefficient (Wildman–Crippen LogP) is 1.06. The molecule has 154 valence electrons. The Bertz CT molecular complexity index is 1370. The van der Waals surface area contributed by atoms with Gasteiger partial charge in [0.25, 0.3) is 5.91 Å². The summed E-state index contributed by atoms with van der Waals surface area (Å²) in [7, 11) is -3.70. The highest BCUT2D eigenvalue weighted by atomic mass is 32.2. The molecule has 4 aromatic rings. The van der Waals surface area contributed by atoms with Gasteiger partial charge in [0.2, 0.25) is 10.0 Å². The minimum atomic E-state index is -3.70. The van der Waals surface area contributed by atoms with Gasteiger partial charge < -0.3 is 9.88 Å². The Hall–Kier alpha value is -3.31. The number of hydrogen-bond acceptors (Lipinski definition) is 6. The number of piperazine rings is 1. The maximum absolute atomic E-state index is 13.1. The van der Waals surface area contributed by atoms with Gasteiger partial charge in [0.05, 0.1) is 5.69 Å². The van der Waals surface area contributed by atoms with Crippen LogP contribution in [0.15, 0.2) is 47.9 Å². The van der Waals surface area contributed by atoms with E-state index in [1.54, 1.807) is 53.1 Å². The van der Waals surface area contributed by atoms with Crippen LogP contribution in [0.5, 0.6) is 0 Å². The van der Waals surface area contributed by atoms with Crippen molar-refractivity contribution in [3.63, 3.8) is 0 Å². The Morgan fingerprint density at radius 3 is 2.67 bits per heavy atom. The number of nitrogens with zero attached hydrogens (tertiary/aromatic N) is 6. The zero-order valence-corrected chi connectivity index (χ0v) is 17.0. The van der Waals surface area contributed by atoms with E-state index in [1.165, 1.54) is 10.5 Å². The quantitative estimate of drug-likeness (QED) is 0.525. The van der Waals surface area contributed by atoms with Gasteiger partial charge in [0.15, 0.2) is 5.65 Å². The number of aromatic amines is 1. The van der Waals surface area contributed by atoms with E-state index in [1.807, 2.05) is 0 Å². The van der Waals surface area contributed by atoms with Crippen LogP contribution >= 0.6 is 0 Å². The van der Waals surface area contributed by atoms with Crippen LogP contribution in [0.25, 0.3) is 16.7 Å². The molecule has 1 amide bonds. The van der Waals surface area contributed by atoms with Crippen molar-refractivity contribution in [3.8, 4) is 0 Å². The zero-order valence-electron chi connectivity index (χ0n) is 16.2. The molecule has 0 spiro atoms. The summed E-state index contributed by atoms with van der Waals surface area (Å²) in [6.45, 7) is 2.79. The number of carbonyl (C=O) groups excluding carboxylic acids is 1. The van der Waals surface area contributed by atoms with Crippen molar-refractivity contribution in [2.24, 2.45) is 0 Å². The summed E-state index contributed by atoms with van der Waals surface area (Å²) in [5, 5.41) is 4.90. The summed E-state index contributed by atoms with van der Waals surface area (Å²) < 4.78 is 29.3. The molecular formula is C19H19N7O3S. The maximum atomic E-state index is 13.1. The van der Waals surface area contributed by atoms with Gasteiger partial charge in [-0.05, 0) is 25.1 Å². The third-order valence-corrected chi connectivity index (χ3v) is 7.28. The number of amides is 1. The normalized spacial score (nSPS) is 15.8. The number of aromatic nitrogens is 5. The first-order chi connectivity index (χ1) is 14.5. The van der Waals surface area contributed by atoms with Crippen molar-refractivity contribution < 1.29 is 13.2 Å². The number of H-pyrrole nitrogens is 1. The van der Waals surface area contributed by atoms with Gasteiger partial charge in [-0.15, -0.1) is 0 Å². The molecule has 0 radical (unpaired) electrons. The van der Waals surface area contributed by atoms with Crippen molar-refractivity contribution in [2.45, 2.75) is 11.8 Å². The minimum absolute atomic E-state index is 0.186.